The minimum Gasteiger partial charge on any atom is -0.487 e. The van der Waals surface area contributed by atoms with Crippen LogP contribution >= 0.6 is 34.8 Å². The number of esters is 1. The number of carbonyl (C=O) groups is 2. The molecule has 6 nitrogen and oxygen atoms in total. The van der Waals surface area contributed by atoms with E-state index < -0.39 is 18.0 Å². The van der Waals surface area contributed by atoms with E-state index in [1.165, 1.54) is 4.90 Å². The van der Waals surface area contributed by atoms with Gasteiger partial charge in [0.15, 0.2) is 0 Å². The first-order chi connectivity index (χ1) is 14.3. The zero-order valence-electron chi connectivity index (χ0n) is 16.2. The third kappa shape index (κ3) is 4.67. The summed E-state index contributed by atoms with van der Waals surface area (Å²) in [6, 6.07) is 10.6. The van der Waals surface area contributed by atoms with E-state index in [0.29, 0.717) is 27.1 Å². The first kappa shape index (κ1) is 22.3. The van der Waals surface area contributed by atoms with Gasteiger partial charge in [-0.15, -0.1) is 0 Å². The highest BCUT2D eigenvalue weighted by Crippen LogP contribution is 2.37. The fourth-order valence-electron chi connectivity index (χ4n) is 3.07. The third-order valence-corrected chi connectivity index (χ3v) is 5.60. The van der Waals surface area contributed by atoms with E-state index in [0.717, 1.165) is 0 Å². The molecule has 0 aromatic heterocycles. The number of ether oxygens (including phenoxy) is 2. The zero-order valence-corrected chi connectivity index (χ0v) is 18.5. The molecule has 1 N–H and O–H groups in total. The van der Waals surface area contributed by atoms with Gasteiger partial charge in [0, 0.05) is 12.1 Å². The summed E-state index contributed by atoms with van der Waals surface area (Å²) in [7, 11) is 1.54. The molecular formula is C21H19Cl3N2O4. The van der Waals surface area contributed by atoms with Gasteiger partial charge in [-0.25, -0.2) is 9.59 Å². The van der Waals surface area contributed by atoms with Crippen LogP contribution < -0.4 is 10.1 Å². The molecule has 2 amide bonds. The van der Waals surface area contributed by atoms with Gasteiger partial charge in [0.25, 0.3) is 0 Å². The SMILES string of the molecule is CCOC(=O)C1=C(COc2cccc(Cl)c2)N(C)C(=O)N[C@@H]1c1cccc(Cl)c1Cl. The number of hydrogen-bond acceptors (Lipinski definition) is 4. The van der Waals surface area contributed by atoms with Crippen LogP contribution in [0.1, 0.15) is 18.5 Å². The van der Waals surface area contributed by atoms with Crippen LogP contribution in [0.15, 0.2) is 53.7 Å². The Hall–Kier alpha value is -2.41. The Morgan fingerprint density at radius 3 is 2.60 bits per heavy atom. The Morgan fingerprint density at radius 1 is 1.17 bits per heavy atom. The summed E-state index contributed by atoms with van der Waals surface area (Å²) in [5.41, 5.74) is 1.04. The van der Waals surface area contributed by atoms with Crippen molar-refractivity contribution in [2.24, 2.45) is 0 Å². The lowest BCUT2D eigenvalue weighted by Crippen LogP contribution is -2.48. The molecule has 0 saturated heterocycles. The standard InChI is InChI=1S/C21H19Cl3N2O4/c1-3-29-20(27)17-16(11-30-13-7-4-6-12(22)10-13)26(2)21(28)25-19(17)14-8-5-9-15(23)18(14)24/h4-10,19H,3,11H2,1-2H3,(H,25,28)/t19-/m1/s1. The summed E-state index contributed by atoms with van der Waals surface area (Å²) in [5, 5.41) is 3.84. The molecule has 1 aliphatic heterocycles. The van der Waals surface area contributed by atoms with Crippen molar-refractivity contribution >= 4 is 46.8 Å². The Kier molecular flexibility index (Phi) is 7.13. The summed E-state index contributed by atoms with van der Waals surface area (Å²) < 4.78 is 11.1. The van der Waals surface area contributed by atoms with Crippen LogP contribution in [0.4, 0.5) is 4.79 Å². The van der Waals surface area contributed by atoms with Crippen molar-refractivity contribution in [1.82, 2.24) is 10.2 Å². The van der Waals surface area contributed by atoms with Gasteiger partial charge in [-0.1, -0.05) is 53.0 Å². The van der Waals surface area contributed by atoms with Gasteiger partial charge in [-0.2, -0.15) is 0 Å². The lowest BCUT2D eigenvalue weighted by molar-refractivity contribution is -0.139. The molecule has 2 aromatic rings. The van der Waals surface area contributed by atoms with E-state index in [2.05, 4.69) is 5.32 Å². The average Bonchev–Trinajstić information content (AvgIpc) is 2.71. The van der Waals surface area contributed by atoms with E-state index in [1.807, 2.05) is 0 Å². The van der Waals surface area contributed by atoms with Crippen molar-refractivity contribution in [2.75, 3.05) is 20.3 Å². The zero-order chi connectivity index (χ0) is 21.8. The number of nitrogens with one attached hydrogen (secondary N) is 1. The fourth-order valence-corrected chi connectivity index (χ4v) is 3.66. The van der Waals surface area contributed by atoms with E-state index in [1.54, 1.807) is 56.4 Å². The van der Waals surface area contributed by atoms with Crippen molar-refractivity contribution in [1.29, 1.82) is 0 Å². The molecular weight excluding hydrogens is 451 g/mol. The fraction of sp³-hybridized carbons (Fsp3) is 0.238. The lowest BCUT2D eigenvalue weighted by atomic mass is 9.94. The first-order valence-corrected chi connectivity index (χ1v) is 10.2. The van der Waals surface area contributed by atoms with E-state index in [4.69, 9.17) is 44.3 Å². The van der Waals surface area contributed by atoms with Gasteiger partial charge in [-0.05, 0) is 36.8 Å². The van der Waals surface area contributed by atoms with Gasteiger partial charge in [-0.3, -0.25) is 4.90 Å². The average molecular weight is 470 g/mol. The normalized spacial score (nSPS) is 16.4. The number of benzene rings is 2. The Labute approximate surface area is 189 Å². The maximum atomic E-state index is 12.9. The highest BCUT2D eigenvalue weighted by molar-refractivity contribution is 6.42. The molecule has 0 fully saturated rings. The predicted octanol–water partition coefficient (Wildman–Crippen LogP) is 5.24. The minimum absolute atomic E-state index is 0.0624. The summed E-state index contributed by atoms with van der Waals surface area (Å²) in [5.74, 6) is -0.0926. The number of urea groups is 1. The molecule has 0 radical (unpaired) electrons. The summed E-state index contributed by atoms with van der Waals surface area (Å²) in [6.45, 7) is 1.80. The number of amides is 2. The molecule has 30 heavy (non-hydrogen) atoms. The maximum absolute atomic E-state index is 12.9. The smallest absolute Gasteiger partial charge is 0.338 e. The van der Waals surface area contributed by atoms with Crippen LogP contribution in [0.3, 0.4) is 0 Å². The molecule has 1 atom stereocenters. The van der Waals surface area contributed by atoms with Crippen LogP contribution in [-0.2, 0) is 9.53 Å². The van der Waals surface area contributed by atoms with Crippen LogP contribution in [-0.4, -0.2) is 37.2 Å². The molecule has 158 valence electrons. The van der Waals surface area contributed by atoms with E-state index in [-0.39, 0.29) is 23.8 Å². The molecule has 0 saturated carbocycles. The Bertz CT molecular complexity index is 1010. The topological polar surface area (TPSA) is 67.9 Å². The number of halogens is 3. The lowest BCUT2D eigenvalue weighted by Gasteiger charge is -2.34. The predicted molar refractivity (Wildman–Crippen MR) is 116 cm³/mol. The maximum Gasteiger partial charge on any atom is 0.338 e. The van der Waals surface area contributed by atoms with Crippen LogP contribution in [0.25, 0.3) is 0 Å². The molecule has 0 aliphatic carbocycles. The summed E-state index contributed by atoms with van der Waals surface area (Å²) >= 11 is 18.5. The second-order valence-corrected chi connectivity index (χ2v) is 7.63. The number of carbonyl (C=O) groups excluding carboxylic acids is 2. The summed E-state index contributed by atoms with van der Waals surface area (Å²) in [6.07, 6.45) is 0. The molecule has 0 unspecified atom stereocenters. The van der Waals surface area contributed by atoms with Gasteiger partial charge in [0.05, 0.1) is 34.0 Å². The molecule has 3 rings (SSSR count). The minimum atomic E-state index is -0.850. The first-order valence-electron chi connectivity index (χ1n) is 9.10. The van der Waals surface area contributed by atoms with Gasteiger partial charge < -0.3 is 14.8 Å². The Balaban J connectivity index is 2.08. The van der Waals surface area contributed by atoms with Crippen LogP contribution in [0.5, 0.6) is 5.75 Å². The highest BCUT2D eigenvalue weighted by atomic mass is 35.5. The molecule has 0 bridgehead atoms. The van der Waals surface area contributed by atoms with Crippen LogP contribution in [0, 0.1) is 0 Å². The quantitative estimate of drug-likeness (QED) is 0.588. The number of rotatable bonds is 6. The van der Waals surface area contributed by atoms with Crippen molar-refractivity contribution in [3.8, 4) is 5.75 Å². The number of likely N-dealkylation sites (N-methyl/N-ethyl adjacent to an activating group) is 1. The highest BCUT2D eigenvalue weighted by Gasteiger charge is 2.38. The van der Waals surface area contributed by atoms with Crippen LogP contribution in [0.2, 0.25) is 15.1 Å². The van der Waals surface area contributed by atoms with Crippen molar-refractivity contribution in [2.45, 2.75) is 13.0 Å². The van der Waals surface area contributed by atoms with E-state index in [9.17, 15) is 9.59 Å². The largest absolute Gasteiger partial charge is 0.487 e. The van der Waals surface area contributed by atoms with E-state index >= 15 is 0 Å². The molecule has 0 spiro atoms. The number of nitrogens with zero attached hydrogens (tertiary/aromatic N) is 1. The second kappa shape index (κ2) is 9.60. The van der Waals surface area contributed by atoms with Gasteiger partial charge in [0.2, 0.25) is 0 Å². The van der Waals surface area contributed by atoms with Crippen molar-refractivity contribution < 1.29 is 19.1 Å². The molecule has 9 heteroatoms. The summed E-state index contributed by atoms with van der Waals surface area (Å²) in [4.78, 5) is 26.9. The molecule has 2 aromatic carbocycles. The third-order valence-electron chi connectivity index (χ3n) is 4.54. The monoisotopic (exact) mass is 468 g/mol. The van der Waals surface area contributed by atoms with Gasteiger partial charge >= 0.3 is 12.0 Å². The molecule has 1 heterocycles. The van der Waals surface area contributed by atoms with Crippen molar-refractivity contribution in [3.05, 3.63) is 74.4 Å². The molecule has 1 aliphatic rings. The van der Waals surface area contributed by atoms with Crippen molar-refractivity contribution in [3.63, 3.8) is 0 Å². The number of hydrogen-bond donors (Lipinski definition) is 1. The van der Waals surface area contributed by atoms with Gasteiger partial charge in [0.1, 0.15) is 12.4 Å². The second-order valence-electron chi connectivity index (χ2n) is 6.41. The Morgan fingerprint density at radius 2 is 1.90 bits per heavy atom.